The first-order valence-corrected chi connectivity index (χ1v) is 19.4. The molecule has 3 fully saturated rings. The number of halogens is 1. The number of nitrogens with one attached hydrogen (secondary N) is 3. The number of hydrogen-bond acceptors (Lipinski definition) is 10. The van der Waals surface area contributed by atoms with E-state index >= 15 is 0 Å². The molecule has 0 radical (unpaired) electrons. The summed E-state index contributed by atoms with van der Waals surface area (Å²) in [5, 5.41) is 9.82. The number of carbonyl (C=O) groups is 4. The summed E-state index contributed by atoms with van der Waals surface area (Å²) >= 11 is 0. The summed E-state index contributed by atoms with van der Waals surface area (Å²) < 4.78 is 49.8. The summed E-state index contributed by atoms with van der Waals surface area (Å²) in [5.41, 5.74) is -0.715. The van der Waals surface area contributed by atoms with Crippen LogP contribution in [0.25, 0.3) is 11.0 Å². The van der Waals surface area contributed by atoms with E-state index in [4.69, 9.17) is 4.74 Å². The van der Waals surface area contributed by atoms with Crippen molar-refractivity contribution >= 4 is 44.7 Å². The van der Waals surface area contributed by atoms with Gasteiger partial charge < -0.3 is 20.3 Å². The van der Waals surface area contributed by atoms with Crippen LogP contribution in [0.4, 0.5) is 4.39 Å². The highest BCUT2D eigenvalue weighted by atomic mass is 32.2. The van der Waals surface area contributed by atoms with Crippen molar-refractivity contribution in [2.24, 2.45) is 13.0 Å². The van der Waals surface area contributed by atoms with Crippen molar-refractivity contribution in [3.05, 3.63) is 59.8 Å². The molecule has 4 heterocycles. The molecular formula is C36H43FN8O7S. The summed E-state index contributed by atoms with van der Waals surface area (Å²) in [7, 11) is -2.34. The van der Waals surface area contributed by atoms with Crippen LogP contribution in [0.2, 0.25) is 0 Å². The number of para-hydroxylation sites is 1. The van der Waals surface area contributed by atoms with Gasteiger partial charge in [0.25, 0.3) is 11.8 Å². The van der Waals surface area contributed by atoms with Gasteiger partial charge in [0.05, 0.1) is 16.8 Å². The maximum absolute atomic E-state index is 14.7. The number of aromatic nitrogens is 4. The molecule has 0 bridgehead atoms. The third kappa shape index (κ3) is 7.22. The zero-order valence-corrected chi connectivity index (χ0v) is 30.6. The molecule has 2 saturated carbocycles. The molecule has 4 amide bonds. The molecule has 282 valence electrons. The number of amides is 4. The lowest BCUT2D eigenvalue weighted by atomic mass is 10.0. The summed E-state index contributed by atoms with van der Waals surface area (Å²) in [5.74, 6) is -3.61. The van der Waals surface area contributed by atoms with E-state index in [1.165, 1.54) is 27.8 Å². The Kier molecular flexibility index (Phi) is 9.49. The van der Waals surface area contributed by atoms with Crippen LogP contribution in [0.3, 0.4) is 0 Å². The number of sulfonamides is 1. The van der Waals surface area contributed by atoms with Gasteiger partial charge in [0, 0.05) is 25.6 Å². The zero-order valence-electron chi connectivity index (χ0n) is 29.8. The smallest absolute Gasteiger partial charge is 0.272 e. The van der Waals surface area contributed by atoms with Crippen LogP contribution in [-0.4, -0.2) is 91.7 Å². The van der Waals surface area contributed by atoms with E-state index < -0.39 is 73.9 Å². The van der Waals surface area contributed by atoms with Gasteiger partial charge in [-0.2, -0.15) is 5.10 Å². The molecule has 3 N–H and O–H groups in total. The fourth-order valence-corrected chi connectivity index (χ4v) is 8.41. The minimum absolute atomic E-state index is 0.00264. The van der Waals surface area contributed by atoms with Crippen molar-refractivity contribution in [1.29, 1.82) is 0 Å². The first-order valence-electron chi connectivity index (χ1n) is 18.0. The quantitative estimate of drug-likeness (QED) is 0.302. The monoisotopic (exact) mass is 750 g/mol. The van der Waals surface area contributed by atoms with Crippen molar-refractivity contribution in [3.8, 4) is 5.88 Å². The van der Waals surface area contributed by atoms with Crippen LogP contribution in [0.5, 0.6) is 5.88 Å². The molecule has 53 heavy (non-hydrogen) atoms. The second kappa shape index (κ2) is 13.8. The molecule has 7 rings (SSSR count). The highest BCUT2D eigenvalue weighted by molar-refractivity contribution is 7.91. The minimum atomic E-state index is -4.01. The van der Waals surface area contributed by atoms with Gasteiger partial charge in [0.1, 0.15) is 40.6 Å². The number of nitrogens with zero attached hydrogens (tertiary/aromatic N) is 5. The van der Waals surface area contributed by atoms with Crippen molar-refractivity contribution in [2.45, 2.75) is 100 Å². The Balaban J connectivity index is 1.20. The first kappa shape index (κ1) is 36.4. The van der Waals surface area contributed by atoms with E-state index in [2.05, 4.69) is 30.4 Å². The van der Waals surface area contributed by atoms with E-state index in [9.17, 15) is 32.0 Å². The average Bonchev–Trinajstić information content (AvgIpc) is 3.91. The molecule has 3 aromatic rings. The number of aryl methyl sites for hydroxylation is 2. The number of benzene rings is 1. The molecule has 0 spiro atoms. The van der Waals surface area contributed by atoms with Crippen LogP contribution in [0, 0.1) is 18.7 Å². The van der Waals surface area contributed by atoms with Gasteiger partial charge in [-0.3, -0.25) is 28.6 Å². The Morgan fingerprint density at radius 2 is 1.91 bits per heavy atom. The van der Waals surface area contributed by atoms with Crippen LogP contribution in [0.15, 0.2) is 42.6 Å². The third-order valence-corrected chi connectivity index (χ3v) is 12.9. The summed E-state index contributed by atoms with van der Waals surface area (Å²) in [6.45, 7) is 3.13. The van der Waals surface area contributed by atoms with Gasteiger partial charge in [-0.1, -0.05) is 31.1 Å². The van der Waals surface area contributed by atoms with Crippen LogP contribution >= 0.6 is 0 Å². The Hall–Kier alpha value is -4.93. The largest absolute Gasteiger partial charge is 0.471 e. The molecule has 17 heteroatoms. The lowest BCUT2D eigenvalue weighted by molar-refractivity contribution is -0.141. The molecule has 2 aliphatic carbocycles. The van der Waals surface area contributed by atoms with Crippen LogP contribution in [0.1, 0.15) is 80.9 Å². The number of rotatable bonds is 7. The maximum atomic E-state index is 14.7. The molecule has 15 nitrogen and oxygen atoms in total. The van der Waals surface area contributed by atoms with Gasteiger partial charge in [0.2, 0.25) is 27.7 Å². The SMILES string of the molecule is Cc1nc2cccc(F)c2nc1O[C@@H]1C[C@H]2C(=O)N[C@]3(C(=O)NS(=O)(=O)C4(C)CC4)C[C@H]3C=CCCCCC[C@H](NC(=O)c3ccn(C)n3)C(=O)N2C1. The Morgan fingerprint density at radius 3 is 2.64 bits per heavy atom. The van der Waals surface area contributed by atoms with Crippen molar-refractivity contribution in [3.63, 3.8) is 0 Å². The second-order valence-electron chi connectivity index (χ2n) is 14.8. The van der Waals surface area contributed by atoms with Gasteiger partial charge in [-0.15, -0.1) is 0 Å². The lowest BCUT2D eigenvalue weighted by Crippen LogP contribution is -2.58. The highest BCUT2D eigenvalue weighted by Gasteiger charge is 2.63. The highest BCUT2D eigenvalue weighted by Crippen LogP contribution is 2.47. The molecule has 1 aromatic carbocycles. The third-order valence-electron chi connectivity index (χ3n) is 10.8. The Morgan fingerprint density at radius 1 is 1.11 bits per heavy atom. The fourth-order valence-electron chi connectivity index (χ4n) is 7.10. The number of allylic oxidation sites excluding steroid dienone is 1. The fraction of sp³-hybridized carbons (Fsp3) is 0.528. The number of hydrogen-bond donors (Lipinski definition) is 3. The van der Waals surface area contributed by atoms with E-state index in [0.29, 0.717) is 36.9 Å². The summed E-state index contributed by atoms with van der Waals surface area (Å²) in [4.78, 5) is 66.0. The Bertz CT molecular complexity index is 2120. The first-order chi connectivity index (χ1) is 25.2. The standard InChI is InChI=1S/C36H43FN8O7S/c1-21-32(40-29-24(37)11-9-13-25(29)38-21)52-23-18-28-31(47)41-36(34(49)43-53(50,51)35(2)15-16-35)19-22(36)10-7-5-4-6-8-12-27(33(48)45(28)20-23)39-30(46)26-14-17-44(3)42-26/h7,9-11,13-14,17,22-23,27-28H,4-6,8,12,15-16,18-20H2,1-3H3,(H,39,46)(H,41,47)(H,43,49)/t22-,23-,27+,28+,36-/m1/s1. The van der Waals surface area contributed by atoms with E-state index in [1.54, 1.807) is 33.2 Å². The molecule has 2 aliphatic heterocycles. The van der Waals surface area contributed by atoms with Crippen LogP contribution < -0.4 is 20.1 Å². The second-order valence-corrected chi connectivity index (χ2v) is 17.0. The molecular weight excluding hydrogens is 708 g/mol. The van der Waals surface area contributed by atoms with Crippen molar-refractivity contribution in [2.75, 3.05) is 6.54 Å². The lowest BCUT2D eigenvalue weighted by Gasteiger charge is -2.30. The molecule has 0 unspecified atom stereocenters. The van der Waals surface area contributed by atoms with Gasteiger partial charge in [0.15, 0.2) is 5.82 Å². The predicted octanol–water partition coefficient (Wildman–Crippen LogP) is 2.35. The van der Waals surface area contributed by atoms with Gasteiger partial charge >= 0.3 is 0 Å². The average molecular weight is 751 g/mol. The minimum Gasteiger partial charge on any atom is -0.471 e. The number of carbonyl (C=O) groups excluding carboxylic acids is 4. The van der Waals surface area contributed by atoms with Gasteiger partial charge in [-0.05, 0) is 70.6 Å². The topological polar surface area (TPSA) is 195 Å². The van der Waals surface area contributed by atoms with Gasteiger partial charge in [-0.25, -0.2) is 22.8 Å². The number of ether oxygens (including phenoxy) is 1. The van der Waals surface area contributed by atoms with E-state index in [0.717, 1.165) is 12.8 Å². The normalized spacial score (nSPS) is 27.1. The van der Waals surface area contributed by atoms with Crippen molar-refractivity contribution < 1.29 is 36.7 Å². The molecule has 2 aromatic heterocycles. The predicted molar refractivity (Wildman–Crippen MR) is 189 cm³/mol. The summed E-state index contributed by atoms with van der Waals surface area (Å²) in [6.07, 6.45) is 8.61. The van der Waals surface area contributed by atoms with Crippen LogP contribution in [-0.2, 0) is 31.5 Å². The Labute approximate surface area is 306 Å². The molecule has 5 atom stereocenters. The molecule has 1 saturated heterocycles. The zero-order chi connectivity index (χ0) is 37.7. The maximum Gasteiger partial charge on any atom is 0.272 e. The summed E-state index contributed by atoms with van der Waals surface area (Å²) in [6, 6.07) is 3.74. The van der Waals surface area contributed by atoms with E-state index in [1.807, 2.05) is 12.2 Å². The number of fused-ring (bicyclic) bond motifs is 3. The molecule has 4 aliphatic rings. The van der Waals surface area contributed by atoms with Crippen molar-refractivity contribution in [1.82, 2.24) is 40.0 Å². The van der Waals surface area contributed by atoms with E-state index in [-0.39, 0.29) is 42.9 Å².